The third kappa shape index (κ3) is 13.4. The predicted molar refractivity (Wildman–Crippen MR) is 176 cm³/mol. The minimum atomic E-state index is -4.14. The van der Waals surface area contributed by atoms with Crippen LogP contribution in [0, 0.1) is 17.0 Å². The molecule has 5 N–H and O–H groups in total. The standard InChI is InChI=1S/C25H41N6O8PSSi2/c1-18-10-11-27-23(29-30-24(26)41)22(18)28-25(32)36-17-19-16-20(31(33)34)8-9-21(19)39-40(35,37-12-14-42(2,3)4)38-13-15-43(5,6)7/h8-11,16H,12-15,17H2,1-7H3,(H,27,29)(H,28,32)(H3,26,30,41). The molecule has 2 aromatic rings. The Balaban J connectivity index is 2.28. The average Bonchev–Trinajstić information content (AvgIpc) is 2.86. The third-order valence-electron chi connectivity index (χ3n) is 5.72. The number of hydrogen-bond acceptors (Lipinski definition) is 11. The molecule has 18 heteroatoms. The number of rotatable bonds is 16. The van der Waals surface area contributed by atoms with Crippen molar-refractivity contribution in [1.82, 2.24) is 10.4 Å². The van der Waals surface area contributed by atoms with Gasteiger partial charge in [-0.1, -0.05) is 39.3 Å². The van der Waals surface area contributed by atoms with E-state index in [9.17, 15) is 19.5 Å². The number of nitrogens with zero attached hydrogens (tertiary/aromatic N) is 2. The van der Waals surface area contributed by atoms with Crippen LogP contribution in [-0.4, -0.2) is 50.5 Å². The summed E-state index contributed by atoms with van der Waals surface area (Å²) in [5.74, 6) is 0.180. The van der Waals surface area contributed by atoms with Crippen LogP contribution in [0.3, 0.4) is 0 Å². The van der Waals surface area contributed by atoms with Gasteiger partial charge < -0.3 is 15.0 Å². The Morgan fingerprint density at radius 2 is 1.70 bits per heavy atom. The van der Waals surface area contributed by atoms with Crippen molar-refractivity contribution < 1.29 is 32.6 Å². The van der Waals surface area contributed by atoms with Gasteiger partial charge in [0.2, 0.25) is 0 Å². The predicted octanol–water partition coefficient (Wildman–Crippen LogP) is 6.40. The van der Waals surface area contributed by atoms with Gasteiger partial charge in [0.15, 0.2) is 10.9 Å². The fraction of sp³-hybridized carbons (Fsp3) is 0.480. The number of nitrogens with one attached hydrogen (secondary N) is 3. The molecule has 1 heterocycles. The first kappa shape index (κ1) is 36.1. The molecule has 0 aliphatic heterocycles. The Bertz CT molecular complexity index is 1330. The van der Waals surface area contributed by atoms with Crippen LogP contribution in [0.25, 0.3) is 0 Å². The number of pyridine rings is 1. The smallest absolute Gasteiger partial charge is 0.444 e. The lowest BCUT2D eigenvalue weighted by atomic mass is 10.2. The van der Waals surface area contributed by atoms with Crippen molar-refractivity contribution in [3.63, 3.8) is 0 Å². The number of aryl methyl sites for hydroxylation is 1. The van der Waals surface area contributed by atoms with Crippen LogP contribution >= 0.6 is 20.0 Å². The first-order valence-electron chi connectivity index (χ1n) is 13.4. The Morgan fingerprint density at radius 1 is 1.09 bits per heavy atom. The first-order chi connectivity index (χ1) is 19.9. The van der Waals surface area contributed by atoms with Crippen molar-refractivity contribution in [2.24, 2.45) is 5.73 Å². The number of hydrogen-bond donors (Lipinski definition) is 4. The Labute approximate surface area is 259 Å². The van der Waals surface area contributed by atoms with Gasteiger partial charge >= 0.3 is 13.9 Å². The van der Waals surface area contributed by atoms with Gasteiger partial charge in [0.1, 0.15) is 12.4 Å². The van der Waals surface area contributed by atoms with E-state index >= 15 is 0 Å². The van der Waals surface area contributed by atoms with Gasteiger partial charge in [-0.2, -0.15) is 0 Å². The fourth-order valence-electron chi connectivity index (χ4n) is 3.23. The highest BCUT2D eigenvalue weighted by Crippen LogP contribution is 2.51. The van der Waals surface area contributed by atoms with Gasteiger partial charge in [-0.3, -0.25) is 35.3 Å². The highest BCUT2D eigenvalue weighted by Gasteiger charge is 2.32. The van der Waals surface area contributed by atoms with Crippen molar-refractivity contribution in [3.05, 3.63) is 51.7 Å². The van der Waals surface area contributed by atoms with Gasteiger partial charge in [-0.25, -0.2) is 14.3 Å². The maximum Gasteiger partial charge on any atom is 0.530 e. The summed E-state index contributed by atoms with van der Waals surface area (Å²) in [4.78, 5) is 27.8. The van der Waals surface area contributed by atoms with Crippen LogP contribution < -0.4 is 26.4 Å². The van der Waals surface area contributed by atoms with E-state index in [1.807, 2.05) is 0 Å². The molecule has 1 aromatic carbocycles. The molecule has 0 spiro atoms. The number of non-ortho nitro benzene ring substituents is 1. The number of thiocarbonyl (C=S) groups is 1. The zero-order chi connectivity index (χ0) is 32.4. The molecule has 1 amide bonds. The molecule has 14 nitrogen and oxygen atoms in total. The molecule has 0 radical (unpaired) electrons. The second-order valence-electron chi connectivity index (χ2n) is 12.0. The van der Waals surface area contributed by atoms with Crippen LogP contribution in [0.1, 0.15) is 11.1 Å². The summed E-state index contributed by atoms with van der Waals surface area (Å²) in [6, 6.07) is 6.73. The van der Waals surface area contributed by atoms with Crippen molar-refractivity contribution in [2.75, 3.05) is 24.0 Å². The molecule has 0 saturated heterocycles. The molecule has 1 aromatic heterocycles. The summed E-state index contributed by atoms with van der Waals surface area (Å²) in [5, 5.41) is 14.0. The number of nitro groups is 1. The third-order valence-corrected chi connectivity index (χ3v) is 10.6. The lowest BCUT2D eigenvalue weighted by Crippen LogP contribution is -2.34. The number of ether oxygens (including phenoxy) is 1. The summed E-state index contributed by atoms with van der Waals surface area (Å²) in [5.41, 5.74) is 11.4. The van der Waals surface area contributed by atoms with E-state index < -0.39 is 41.6 Å². The number of aromatic nitrogens is 1. The monoisotopic (exact) mass is 672 g/mol. The summed E-state index contributed by atoms with van der Waals surface area (Å²) < 4.78 is 36.3. The van der Waals surface area contributed by atoms with E-state index in [1.54, 1.807) is 13.0 Å². The zero-order valence-corrected chi connectivity index (χ0v) is 29.2. The Kier molecular flexibility index (Phi) is 13.1. The van der Waals surface area contributed by atoms with Crippen molar-refractivity contribution in [3.8, 4) is 5.75 Å². The molecule has 43 heavy (non-hydrogen) atoms. The molecule has 0 saturated carbocycles. The molecule has 0 fully saturated rings. The van der Waals surface area contributed by atoms with Gasteiger partial charge in [-0.05, 0) is 48.9 Å². The van der Waals surface area contributed by atoms with E-state index in [2.05, 4.69) is 60.4 Å². The SMILES string of the molecule is Cc1ccnc(NNC(N)=S)c1NC(=O)OCc1cc([N+](=O)[O-])ccc1OP(=O)(OCC[Si](C)(C)C)OCC[Si](C)(C)C. The number of anilines is 2. The minimum absolute atomic E-state index is 0.0386. The average molecular weight is 673 g/mol. The summed E-state index contributed by atoms with van der Waals surface area (Å²) >= 11 is 4.78. The largest absolute Gasteiger partial charge is 0.530 e. The van der Waals surface area contributed by atoms with E-state index in [0.717, 1.165) is 0 Å². The highest BCUT2D eigenvalue weighted by molar-refractivity contribution is 7.80. The number of hydrazine groups is 1. The molecular weight excluding hydrogens is 632 g/mol. The number of amides is 1. The lowest BCUT2D eigenvalue weighted by Gasteiger charge is -2.23. The zero-order valence-electron chi connectivity index (χ0n) is 25.5. The number of phosphoric acid groups is 1. The highest BCUT2D eigenvalue weighted by atomic mass is 32.1. The quantitative estimate of drug-likeness (QED) is 0.0504. The fourth-order valence-corrected chi connectivity index (χ4v) is 6.28. The number of carbonyl (C=O) groups excluding carboxylic acids is 1. The molecule has 0 aliphatic rings. The van der Waals surface area contributed by atoms with Gasteiger partial charge in [0, 0.05) is 40.0 Å². The summed E-state index contributed by atoms with van der Waals surface area (Å²) in [6.45, 7) is 14.5. The number of nitro benzene ring substituents is 1. The van der Waals surface area contributed by atoms with E-state index in [0.29, 0.717) is 17.7 Å². The van der Waals surface area contributed by atoms with Crippen molar-refractivity contribution >= 4 is 64.6 Å². The van der Waals surface area contributed by atoms with Gasteiger partial charge in [-0.15, -0.1) is 0 Å². The van der Waals surface area contributed by atoms with Gasteiger partial charge in [0.05, 0.1) is 23.8 Å². The molecule has 0 unspecified atom stereocenters. The Hall–Kier alpha value is -3.09. The van der Waals surface area contributed by atoms with Crippen LogP contribution in [0.4, 0.5) is 22.0 Å². The molecule has 0 atom stereocenters. The number of benzene rings is 1. The molecule has 0 aliphatic carbocycles. The van der Waals surface area contributed by atoms with Crippen LogP contribution in [0.5, 0.6) is 5.75 Å². The van der Waals surface area contributed by atoms with E-state index in [-0.39, 0.29) is 46.8 Å². The maximum absolute atomic E-state index is 13.8. The lowest BCUT2D eigenvalue weighted by molar-refractivity contribution is -0.385. The van der Waals surface area contributed by atoms with Gasteiger partial charge in [0.25, 0.3) is 5.69 Å². The summed E-state index contributed by atoms with van der Waals surface area (Å²) in [6.07, 6.45) is 0.616. The first-order valence-corrected chi connectivity index (χ1v) is 22.7. The van der Waals surface area contributed by atoms with Crippen LogP contribution in [-0.2, 0) is 25.0 Å². The molecule has 238 valence electrons. The topological polar surface area (TPSA) is 189 Å². The second-order valence-corrected chi connectivity index (χ2v) is 25.3. The second kappa shape index (κ2) is 15.6. The van der Waals surface area contributed by atoms with Crippen molar-refractivity contribution in [1.29, 1.82) is 0 Å². The number of nitrogens with two attached hydrogens (primary N) is 1. The Morgan fingerprint density at radius 3 is 2.23 bits per heavy atom. The van der Waals surface area contributed by atoms with Crippen molar-refractivity contribution in [2.45, 2.75) is 64.9 Å². The molecule has 0 bridgehead atoms. The maximum atomic E-state index is 13.8. The van der Waals surface area contributed by atoms with Crippen LogP contribution in [0.2, 0.25) is 51.4 Å². The number of phosphoric ester groups is 1. The van der Waals surface area contributed by atoms with E-state index in [4.69, 9.17) is 36.3 Å². The number of carbonyl (C=O) groups is 1. The van der Waals surface area contributed by atoms with E-state index in [1.165, 1.54) is 24.4 Å². The summed E-state index contributed by atoms with van der Waals surface area (Å²) in [7, 11) is -7.20. The minimum Gasteiger partial charge on any atom is -0.444 e. The molecule has 2 rings (SSSR count). The molecular formula is C25H41N6O8PSSi2. The van der Waals surface area contributed by atoms with Crippen LogP contribution in [0.15, 0.2) is 30.5 Å². The normalized spacial score (nSPS) is 11.9.